The first-order valence-corrected chi connectivity index (χ1v) is 4.92. The Labute approximate surface area is 86.5 Å². The van der Waals surface area contributed by atoms with Gasteiger partial charge in [0.25, 0.3) is 0 Å². The number of halogens is 1. The van der Waals surface area contributed by atoms with Crippen LogP contribution in [-0.2, 0) is 0 Å². The van der Waals surface area contributed by atoms with Gasteiger partial charge in [0.2, 0.25) is 0 Å². The second kappa shape index (κ2) is 3.77. The van der Waals surface area contributed by atoms with Gasteiger partial charge in [0.05, 0.1) is 23.9 Å². The summed E-state index contributed by atoms with van der Waals surface area (Å²) in [7, 11) is 1.83. The first-order valence-electron chi connectivity index (χ1n) is 3.82. The van der Waals surface area contributed by atoms with Crippen LogP contribution >= 0.6 is 23.3 Å². The quantitative estimate of drug-likeness (QED) is 0.839. The number of aromatic nitrogens is 2. The van der Waals surface area contributed by atoms with Crippen LogP contribution in [0.15, 0.2) is 0 Å². The lowest BCUT2D eigenvalue weighted by atomic mass is 10.1. The fourth-order valence-corrected chi connectivity index (χ4v) is 1.56. The Bertz CT molecular complexity index is 289. The van der Waals surface area contributed by atoms with Crippen molar-refractivity contribution < 1.29 is 5.11 Å². The molecule has 0 saturated carbocycles. The number of nitrogens with zero attached hydrogens (tertiary/aromatic N) is 3. The third-order valence-corrected chi connectivity index (χ3v) is 2.92. The molecular weight excluding hydrogens is 210 g/mol. The minimum Gasteiger partial charge on any atom is -0.394 e. The second-order valence-corrected chi connectivity index (χ2v) is 4.29. The van der Waals surface area contributed by atoms with Gasteiger partial charge in [-0.15, -0.1) is 0 Å². The molecule has 0 aliphatic rings. The molecule has 1 N–H and O–H groups in total. The molecule has 13 heavy (non-hydrogen) atoms. The maximum atomic E-state index is 9.12. The Morgan fingerprint density at radius 3 is 2.54 bits per heavy atom. The van der Waals surface area contributed by atoms with Gasteiger partial charge in [0.1, 0.15) is 0 Å². The van der Waals surface area contributed by atoms with Gasteiger partial charge < -0.3 is 10.0 Å². The zero-order chi connectivity index (χ0) is 10.1. The van der Waals surface area contributed by atoms with E-state index in [-0.39, 0.29) is 12.1 Å². The zero-order valence-corrected chi connectivity index (χ0v) is 9.35. The summed E-state index contributed by atoms with van der Waals surface area (Å²) >= 11 is 6.88. The molecule has 0 saturated heterocycles. The van der Waals surface area contributed by atoms with Crippen molar-refractivity contribution in [1.82, 2.24) is 8.75 Å². The fourth-order valence-electron chi connectivity index (χ4n) is 0.766. The van der Waals surface area contributed by atoms with E-state index in [1.165, 1.54) is 0 Å². The zero-order valence-electron chi connectivity index (χ0n) is 7.78. The van der Waals surface area contributed by atoms with Crippen LogP contribution in [0.3, 0.4) is 0 Å². The van der Waals surface area contributed by atoms with Gasteiger partial charge in [-0.05, 0) is 13.8 Å². The number of anilines is 1. The minimum absolute atomic E-state index is 0.0390. The van der Waals surface area contributed by atoms with Gasteiger partial charge in [-0.2, -0.15) is 8.75 Å². The molecule has 1 heterocycles. The van der Waals surface area contributed by atoms with Crippen molar-refractivity contribution in [2.45, 2.75) is 19.4 Å². The number of rotatable bonds is 3. The number of aliphatic hydroxyl groups is 1. The first kappa shape index (κ1) is 10.7. The van der Waals surface area contributed by atoms with Crippen LogP contribution in [0.25, 0.3) is 0 Å². The standard InChI is InChI=1S/C7H12ClN3OS/c1-7(2,4-12)11(3)6-5(8)9-13-10-6/h12H,4H2,1-3H3. The van der Waals surface area contributed by atoms with Gasteiger partial charge in [-0.25, -0.2) is 0 Å². The number of likely N-dealkylation sites (N-methyl/N-ethyl adjacent to an activating group) is 1. The van der Waals surface area contributed by atoms with Crippen molar-refractivity contribution in [3.05, 3.63) is 5.15 Å². The Kier molecular flexibility index (Phi) is 3.10. The fraction of sp³-hybridized carbons (Fsp3) is 0.714. The molecule has 0 aromatic carbocycles. The van der Waals surface area contributed by atoms with Crippen LogP contribution in [0.1, 0.15) is 13.8 Å². The Hall–Kier alpha value is -0.390. The van der Waals surface area contributed by atoms with Crippen LogP contribution < -0.4 is 4.90 Å². The Morgan fingerprint density at radius 1 is 1.54 bits per heavy atom. The third-order valence-electron chi connectivity index (χ3n) is 2.05. The summed E-state index contributed by atoms with van der Waals surface area (Å²) in [6.45, 7) is 3.85. The predicted octanol–water partition coefficient (Wildman–Crippen LogP) is 1.40. The molecule has 0 spiro atoms. The van der Waals surface area contributed by atoms with E-state index in [9.17, 15) is 0 Å². The van der Waals surface area contributed by atoms with E-state index in [2.05, 4.69) is 8.75 Å². The Morgan fingerprint density at radius 2 is 2.15 bits per heavy atom. The SMILES string of the molecule is CN(c1nsnc1Cl)C(C)(C)CO. The van der Waals surface area contributed by atoms with Crippen LogP contribution in [-0.4, -0.2) is 33.0 Å². The van der Waals surface area contributed by atoms with Crippen LogP contribution in [0, 0.1) is 0 Å². The van der Waals surface area contributed by atoms with Gasteiger partial charge in [0.15, 0.2) is 11.0 Å². The molecule has 0 fully saturated rings. The van der Waals surface area contributed by atoms with Crippen molar-refractivity contribution >= 4 is 29.1 Å². The summed E-state index contributed by atoms with van der Waals surface area (Å²) in [6.07, 6.45) is 0. The molecule has 0 bridgehead atoms. The third kappa shape index (κ3) is 2.10. The second-order valence-electron chi connectivity index (χ2n) is 3.41. The van der Waals surface area contributed by atoms with Gasteiger partial charge in [0, 0.05) is 7.05 Å². The smallest absolute Gasteiger partial charge is 0.187 e. The average molecular weight is 222 g/mol. The van der Waals surface area contributed by atoms with Crippen molar-refractivity contribution in [3.63, 3.8) is 0 Å². The summed E-state index contributed by atoms with van der Waals surface area (Å²) in [5.74, 6) is 0.616. The van der Waals surface area contributed by atoms with Gasteiger partial charge in [-0.3, -0.25) is 0 Å². The number of aliphatic hydroxyl groups excluding tert-OH is 1. The molecule has 0 amide bonds. The molecular formula is C7H12ClN3OS. The van der Waals surface area contributed by atoms with E-state index in [0.717, 1.165) is 11.7 Å². The molecule has 74 valence electrons. The molecule has 1 aromatic heterocycles. The van der Waals surface area contributed by atoms with E-state index >= 15 is 0 Å². The first-order chi connectivity index (χ1) is 5.99. The highest BCUT2D eigenvalue weighted by Gasteiger charge is 2.26. The molecule has 1 aromatic rings. The van der Waals surface area contributed by atoms with Crippen molar-refractivity contribution in [1.29, 1.82) is 0 Å². The van der Waals surface area contributed by atoms with E-state index in [1.54, 1.807) is 0 Å². The normalized spacial score (nSPS) is 11.8. The van der Waals surface area contributed by atoms with E-state index in [0.29, 0.717) is 11.0 Å². The van der Waals surface area contributed by atoms with Crippen LogP contribution in [0.4, 0.5) is 5.82 Å². The maximum Gasteiger partial charge on any atom is 0.187 e. The summed E-state index contributed by atoms with van der Waals surface area (Å²) < 4.78 is 7.90. The van der Waals surface area contributed by atoms with Crippen LogP contribution in [0.5, 0.6) is 0 Å². The van der Waals surface area contributed by atoms with Gasteiger partial charge >= 0.3 is 0 Å². The molecule has 0 unspecified atom stereocenters. The van der Waals surface area contributed by atoms with Crippen molar-refractivity contribution in [3.8, 4) is 0 Å². The van der Waals surface area contributed by atoms with E-state index < -0.39 is 0 Å². The predicted molar refractivity (Wildman–Crippen MR) is 54.5 cm³/mol. The molecule has 0 atom stereocenters. The molecule has 0 radical (unpaired) electrons. The Balaban J connectivity index is 2.91. The lowest BCUT2D eigenvalue weighted by molar-refractivity contribution is 0.216. The highest BCUT2D eigenvalue weighted by molar-refractivity contribution is 6.99. The topological polar surface area (TPSA) is 49.2 Å². The highest BCUT2D eigenvalue weighted by atomic mass is 35.5. The molecule has 4 nitrogen and oxygen atoms in total. The van der Waals surface area contributed by atoms with Crippen molar-refractivity contribution in [2.24, 2.45) is 0 Å². The molecule has 6 heteroatoms. The molecule has 1 rings (SSSR count). The monoisotopic (exact) mass is 221 g/mol. The summed E-state index contributed by atoms with van der Waals surface area (Å²) in [6, 6.07) is 0. The maximum absolute atomic E-state index is 9.12. The lowest BCUT2D eigenvalue weighted by Crippen LogP contribution is -2.44. The van der Waals surface area contributed by atoms with Gasteiger partial charge in [-0.1, -0.05) is 11.6 Å². The van der Waals surface area contributed by atoms with E-state index in [1.807, 2.05) is 25.8 Å². The highest BCUT2D eigenvalue weighted by Crippen LogP contribution is 2.27. The average Bonchev–Trinajstić information content (AvgIpc) is 2.50. The van der Waals surface area contributed by atoms with E-state index in [4.69, 9.17) is 16.7 Å². The summed E-state index contributed by atoms with van der Waals surface area (Å²) in [4.78, 5) is 1.82. The summed E-state index contributed by atoms with van der Waals surface area (Å²) in [5.41, 5.74) is -0.376. The van der Waals surface area contributed by atoms with Crippen molar-refractivity contribution in [2.75, 3.05) is 18.6 Å². The molecule has 0 aliphatic heterocycles. The molecule has 0 aliphatic carbocycles. The lowest BCUT2D eigenvalue weighted by Gasteiger charge is -2.33. The van der Waals surface area contributed by atoms with Crippen LogP contribution in [0.2, 0.25) is 5.15 Å². The largest absolute Gasteiger partial charge is 0.394 e. The number of hydrogen-bond donors (Lipinski definition) is 1. The summed E-state index contributed by atoms with van der Waals surface area (Å²) in [5, 5.41) is 9.51. The number of hydrogen-bond acceptors (Lipinski definition) is 5. The minimum atomic E-state index is -0.376.